The van der Waals surface area contributed by atoms with Crippen LogP contribution < -0.4 is 0 Å². The van der Waals surface area contributed by atoms with Gasteiger partial charge in [0, 0.05) is 5.56 Å². The van der Waals surface area contributed by atoms with E-state index in [1.54, 1.807) is 38.1 Å². The summed E-state index contributed by atoms with van der Waals surface area (Å²) in [7, 11) is 0. The van der Waals surface area contributed by atoms with Gasteiger partial charge in [0.1, 0.15) is 0 Å². The Morgan fingerprint density at radius 3 is 2.29 bits per heavy atom. The van der Waals surface area contributed by atoms with E-state index in [-0.39, 0.29) is 11.9 Å². The minimum Gasteiger partial charge on any atom is -0.267 e. The predicted molar refractivity (Wildman–Crippen MR) is 53.5 cm³/mol. The van der Waals surface area contributed by atoms with Gasteiger partial charge in [-0.1, -0.05) is 18.2 Å². The number of nitroso groups, excluding NO2 is 1. The zero-order valence-electron chi connectivity index (χ0n) is 8.18. The largest absolute Gasteiger partial charge is 0.276 e. The van der Waals surface area contributed by atoms with Crippen LogP contribution in [0.25, 0.3) is 0 Å². The summed E-state index contributed by atoms with van der Waals surface area (Å²) < 4.78 is 0. The third kappa shape index (κ3) is 2.16. The molecular formula is C10H12N2O2. The molecule has 0 radical (unpaired) electrons. The Labute approximate surface area is 82.5 Å². The highest BCUT2D eigenvalue weighted by molar-refractivity contribution is 5.94. The number of rotatable bonds is 3. The summed E-state index contributed by atoms with van der Waals surface area (Å²) in [5, 5.41) is 3.62. The van der Waals surface area contributed by atoms with Crippen LogP contribution in [0.15, 0.2) is 35.6 Å². The first kappa shape index (κ1) is 10.4. The first-order valence-corrected chi connectivity index (χ1v) is 4.38. The Morgan fingerprint density at radius 2 is 1.86 bits per heavy atom. The van der Waals surface area contributed by atoms with E-state index in [0.717, 1.165) is 5.01 Å². The van der Waals surface area contributed by atoms with Gasteiger partial charge < -0.3 is 0 Å². The van der Waals surface area contributed by atoms with E-state index in [4.69, 9.17) is 0 Å². The average Bonchev–Trinajstić information content (AvgIpc) is 2.19. The molecule has 0 aliphatic carbocycles. The first-order valence-electron chi connectivity index (χ1n) is 4.38. The molecule has 1 aromatic carbocycles. The average molecular weight is 192 g/mol. The van der Waals surface area contributed by atoms with E-state index in [1.807, 2.05) is 6.07 Å². The summed E-state index contributed by atoms with van der Waals surface area (Å²) in [6.45, 7) is 3.48. The van der Waals surface area contributed by atoms with Gasteiger partial charge in [-0.3, -0.25) is 4.79 Å². The second-order valence-corrected chi connectivity index (χ2v) is 3.19. The van der Waals surface area contributed by atoms with E-state index in [9.17, 15) is 9.70 Å². The number of carbonyl (C=O) groups is 1. The fourth-order valence-corrected chi connectivity index (χ4v) is 1.08. The fourth-order valence-electron chi connectivity index (χ4n) is 1.08. The van der Waals surface area contributed by atoms with E-state index in [0.29, 0.717) is 5.56 Å². The quantitative estimate of drug-likeness (QED) is 0.544. The maximum absolute atomic E-state index is 11.6. The highest BCUT2D eigenvalue weighted by atomic mass is 16.3. The molecule has 0 bridgehead atoms. The van der Waals surface area contributed by atoms with Crippen LogP contribution in [0.1, 0.15) is 24.2 Å². The molecule has 0 unspecified atom stereocenters. The van der Waals surface area contributed by atoms with Crippen LogP contribution in [0.4, 0.5) is 0 Å². The van der Waals surface area contributed by atoms with Crippen molar-refractivity contribution in [1.29, 1.82) is 0 Å². The molecule has 0 aliphatic rings. The topological polar surface area (TPSA) is 49.7 Å². The van der Waals surface area contributed by atoms with Crippen molar-refractivity contribution in [2.45, 2.75) is 19.9 Å². The Bertz CT molecular complexity index is 322. The van der Waals surface area contributed by atoms with Crippen LogP contribution in [-0.2, 0) is 0 Å². The number of carbonyl (C=O) groups excluding carboxylic acids is 1. The van der Waals surface area contributed by atoms with Crippen molar-refractivity contribution in [2.75, 3.05) is 0 Å². The van der Waals surface area contributed by atoms with Crippen molar-refractivity contribution in [1.82, 2.24) is 5.01 Å². The fraction of sp³-hybridized carbons (Fsp3) is 0.300. The number of hydrogen-bond acceptors (Lipinski definition) is 3. The number of hydrogen-bond donors (Lipinski definition) is 0. The molecule has 0 aromatic heterocycles. The van der Waals surface area contributed by atoms with Crippen molar-refractivity contribution in [3.05, 3.63) is 40.8 Å². The molecule has 0 N–H and O–H groups in total. The molecule has 1 rings (SSSR count). The first-order chi connectivity index (χ1) is 6.66. The number of nitrogens with zero attached hydrogens (tertiary/aromatic N) is 2. The Balaban J connectivity index is 2.89. The summed E-state index contributed by atoms with van der Waals surface area (Å²) in [5.41, 5.74) is 0.473. The van der Waals surface area contributed by atoms with Crippen LogP contribution >= 0.6 is 0 Å². The third-order valence-corrected chi connectivity index (χ3v) is 1.81. The van der Waals surface area contributed by atoms with Gasteiger partial charge in [-0.15, -0.1) is 4.91 Å². The maximum atomic E-state index is 11.6. The van der Waals surface area contributed by atoms with Crippen molar-refractivity contribution < 1.29 is 4.79 Å². The van der Waals surface area contributed by atoms with Crippen molar-refractivity contribution in [3.8, 4) is 0 Å². The summed E-state index contributed by atoms with van der Waals surface area (Å²) in [4.78, 5) is 22.1. The molecule has 14 heavy (non-hydrogen) atoms. The van der Waals surface area contributed by atoms with E-state index >= 15 is 0 Å². The molecule has 0 aliphatic heterocycles. The lowest BCUT2D eigenvalue weighted by Gasteiger charge is -2.16. The zero-order chi connectivity index (χ0) is 10.6. The molecule has 1 amide bonds. The number of amides is 1. The third-order valence-electron chi connectivity index (χ3n) is 1.81. The molecule has 0 heterocycles. The van der Waals surface area contributed by atoms with Crippen LogP contribution in [-0.4, -0.2) is 17.0 Å². The number of benzene rings is 1. The zero-order valence-corrected chi connectivity index (χ0v) is 8.18. The second-order valence-electron chi connectivity index (χ2n) is 3.19. The van der Waals surface area contributed by atoms with Gasteiger partial charge in [-0.2, -0.15) is 5.01 Å². The Kier molecular flexibility index (Phi) is 3.34. The summed E-state index contributed by atoms with van der Waals surface area (Å²) in [6.07, 6.45) is 0. The van der Waals surface area contributed by atoms with Gasteiger partial charge in [0.25, 0.3) is 5.91 Å². The van der Waals surface area contributed by atoms with Crippen LogP contribution in [0.2, 0.25) is 0 Å². The molecule has 4 heteroatoms. The highest BCUT2D eigenvalue weighted by Crippen LogP contribution is 2.08. The monoisotopic (exact) mass is 192 g/mol. The highest BCUT2D eigenvalue weighted by Gasteiger charge is 2.18. The molecule has 0 fully saturated rings. The Morgan fingerprint density at radius 1 is 1.29 bits per heavy atom. The van der Waals surface area contributed by atoms with Gasteiger partial charge in [-0.25, -0.2) is 0 Å². The van der Waals surface area contributed by atoms with Crippen molar-refractivity contribution in [3.63, 3.8) is 0 Å². The minimum absolute atomic E-state index is 0.222. The van der Waals surface area contributed by atoms with Crippen LogP contribution in [0.5, 0.6) is 0 Å². The smallest absolute Gasteiger partial charge is 0.267 e. The maximum Gasteiger partial charge on any atom is 0.276 e. The summed E-state index contributed by atoms with van der Waals surface area (Å²) in [6, 6.07) is 8.39. The predicted octanol–water partition coefficient (Wildman–Crippen LogP) is 2.22. The normalized spacial score (nSPS) is 9.93. The van der Waals surface area contributed by atoms with Gasteiger partial charge in [0.2, 0.25) is 0 Å². The summed E-state index contributed by atoms with van der Waals surface area (Å²) in [5.74, 6) is -0.365. The summed E-state index contributed by atoms with van der Waals surface area (Å²) >= 11 is 0. The molecule has 0 atom stereocenters. The second kappa shape index (κ2) is 4.50. The molecule has 74 valence electrons. The van der Waals surface area contributed by atoms with E-state index in [2.05, 4.69) is 5.29 Å². The lowest BCUT2D eigenvalue weighted by molar-refractivity contribution is 0.0708. The SMILES string of the molecule is CC(C)N(N=O)C(=O)c1ccccc1. The van der Waals surface area contributed by atoms with Gasteiger partial charge in [0.05, 0.1) is 11.3 Å². The van der Waals surface area contributed by atoms with Gasteiger partial charge >= 0.3 is 0 Å². The van der Waals surface area contributed by atoms with E-state index < -0.39 is 0 Å². The van der Waals surface area contributed by atoms with Crippen LogP contribution in [0, 0.1) is 4.91 Å². The van der Waals surface area contributed by atoms with Crippen LogP contribution in [0.3, 0.4) is 0 Å². The molecule has 0 saturated heterocycles. The molecule has 4 nitrogen and oxygen atoms in total. The lowest BCUT2D eigenvalue weighted by atomic mass is 10.2. The van der Waals surface area contributed by atoms with Crippen molar-refractivity contribution in [2.24, 2.45) is 5.29 Å². The van der Waals surface area contributed by atoms with Crippen molar-refractivity contribution >= 4 is 5.91 Å². The van der Waals surface area contributed by atoms with Gasteiger partial charge in [0.15, 0.2) is 0 Å². The van der Waals surface area contributed by atoms with Gasteiger partial charge in [-0.05, 0) is 26.0 Å². The minimum atomic E-state index is -0.365. The Hall–Kier alpha value is -1.71. The molecule has 0 spiro atoms. The lowest BCUT2D eigenvalue weighted by Crippen LogP contribution is -2.31. The van der Waals surface area contributed by atoms with E-state index in [1.165, 1.54) is 0 Å². The molecular weight excluding hydrogens is 180 g/mol. The standard InChI is InChI=1S/C10H12N2O2/c1-8(2)12(11-14)10(13)9-6-4-3-5-7-9/h3-8H,1-2H3. The molecule has 1 aromatic rings. The molecule has 0 saturated carbocycles.